The van der Waals surface area contributed by atoms with Gasteiger partial charge < -0.3 is 15.6 Å². The number of rotatable bonds is 6. The standard InChI is InChI=1S/C23H17ClN2O3S/c24-16-6-8-17(9-7-16)29-12-15-3-1-2-4-18(15)23-26-20(13-30-23)14-5-10-21(27)19(11-14)22(25)28/h1-11,13,27H,12H2,(H2,25,28). The number of halogens is 1. The van der Waals surface area contributed by atoms with Crippen LogP contribution in [0.2, 0.25) is 5.02 Å². The summed E-state index contributed by atoms with van der Waals surface area (Å²) in [6.45, 7) is 0.387. The van der Waals surface area contributed by atoms with Gasteiger partial charge in [0.05, 0.1) is 11.3 Å². The van der Waals surface area contributed by atoms with Crippen LogP contribution in [-0.4, -0.2) is 16.0 Å². The molecule has 0 aliphatic rings. The van der Waals surface area contributed by atoms with Crippen molar-refractivity contribution in [1.29, 1.82) is 0 Å². The van der Waals surface area contributed by atoms with E-state index in [1.807, 2.05) is 41.8 Å². The highest BCUT2D eigenvalue weighted by molar-refractivity contribution is 7.13. The second-order valence-corrected chi connectivity index (χ2v) is 7.83. The lowest BCUT2D eigenvalue weighted by Gasteiger charge is -2.10. The number of nitrogens with two attached hydrogens (primary N) is 1. The second-order valence-electron chi connectivity index (χ2n) is 6.53. The molecule has 1 heterocycles. The van der Waals surface area contributed by atoms with Gasteiger partial charge in [0.15, 0.2) is 0 Å². The molecule has 30 heavy (non-hydrogen) atoms. The van der Waals surface area contributed by atoms with Gasteiger partial charge >= 0.3 is 0 Å². The van der Waals surface area contributed by atoms with E-state index in [4.69, 9.17) is 27.1 Å². The van der Waals surface area contributed by atoms with Crippen molar-refractivity contribution < 1.29 is 14.6 Å². The third-order valence-corrected chi connectivity index (χ3v) is 5.65. The number of amides is 1. The number of ether oxygens (including phenoxy) is 1. The van der Waals surface area contributed by atoms with Crippen molar-refractivity contribution in [1.82, 2.24) is 4.98 Å². The van der Waals surface area contributed by atoms with Crippen LogP contribution >= 0.6 is 22.9 Å². The molecular weight excluding hydrogens is 420 g/mol. The maximum Gasteiger partial charge on any atom is 0.252 e. The molecule has 1 aromatic heterocycles. The normalized spacial score (nSPS) is 10.7. The van der Waals surface area contributed by atoms with Crippen molar-refractivity contribution in [3.8, 4) is 33.3 Å². The van der Waals surface area contributed by atoms with Crippen LogP contribution < -0.4 is 10.5 Å². The summed E-state index contributed by atoms with van der Waals surface area (Å²) in [7, 11) is 0. The van der Waals surface area contributed by atoms with Crippen LogP contribution in [0.4, 0.5) is 0 Å². The monoisotopic (exact) mass is 436 g/mol. The first-order chi connectivity index (χ1) is 14.5. The van der Waals surface area contributed by atoms with Crippen molar-refractivity contribution in [3.05, 3.63) is 88.3 Å². The average molecular weight is 437 g/mol. The zero-order chi connectivity index (χ0) is 21.1. The molecule has 3 aromatic carbocycles. The number of hydrogen-bond donors (Lipinski definition) is 2. The minimum atomic E-state index is -0.686. The third-order valence-electron chi connectivity index (χ3n) is 4.52. The van der Waals surface area contributed by atoms with E-state index >= 15 is 0 Å². The minimum absolute atomic E-state index is 0.0683. The van der Waals surface area contributed by atoms with Gasteiger partial charge in [0.2, 0.25) is 0 Å². The number of thiazole rings is 1. The fourth-order valence-corrected chi connectivity index (χ4v) is 3.98. The highest BCUT2D eigenvalue weighted by Gasteiger charge is 2.14. The number of hydrogen-bond acceptors (Lipinski definition) is 5. The summed E-state index contributed by atoms with van der Waals surface area (Å²) in [6.07, 6.45) is 0. The molecular formula is C23H17ClN2O3S. The van der Waals surface area contributed by atoms with Crippen LogP contribution in [0.15, 0.2) is 72.1 Å². The van der Waals surface area contributed by atoms with Gasteiger partial charge in [-0.3, -0.25) is 4.79 Å². The second kappa shape index (κ2) is 8.57. The van der Waals surface area contributed by atoms with Gasteiger partial charge in [-0.2, -0.15) is 0 Å². The lowest BCUT2D eigenvalue weighted by molar-refractivity contribution is 0.0998. The third kappa shape index (κ3) is 4.30. The summed E-state index contributed by atoms with van der Waals surface area (Å²) in [4.78, 5) is 16.2. The lowest BCUT2D eigenvalue weighted by Crippen LogP contribution is -2.11. The van der Waals surface area contributed by atoms with E-state index in [1.54, 1.807) is 24.3 Å². The number of aromatic hydroxyl groups is 1. The summed E-state index contributed by atoms with van der Waals surface area (Å²) in [5.74, 6) is -0.0991. The minimum Gasteiger partial charge on any atom is -0.507 e. The maximum absolute atomic E-state index is 11.5. The van der Waals surface area contributed by atoms with Crippen LogP contribution in [-0.2, 0) is 6.61 Å². The predicted molar refractivity (Wildman–Crippen MR) is 119 cm³/mol. The molecule has 0 saturated carbocycles. The van der Waals surface area contributed by atoms with Gasteiger partial charge in [0, 0.05) is 21.5 Å². The van der Waals surface area contributed by atoms with Gasteiger partial charge in [-0.15, -0.1) is 11.3 Å². The molecule has 0 unspecified atom stereocenters. The Morgan fingerprint density at radius 2 is 1.87 bits per heavy atom. The molecule has 4 rings (SSSR count). The first kappa shape index (κ1) is 19.9. The molecule has 0 fully saturated rings. The first-order valence-corrected chi connectivity index (χ1v) is 10.3. The molecule has 0 aliphatic heterocycles. The van der Waals surface area contributed by atoms with Crippen molar-refractivity contribution >= 4 is 28.8 Å². The molecule has 3 N–H and O–H groups in total. The Morgan fingerprint density at radius 3 is 2.63 bits per heavy atom. The fraction of sp³-hybridized carbons (Fsp3) is 0.0435. The zero-order valence-corrected chi connectivity index (χ0v) is 17.3. The van der Waals surface area contributed by atoms with Gasteiger partial charge in [0.25, 0.3) is 5.91 Å². The molecule has 0 bridgehead atoms. The number of benzene rings is 3. The first-order valence-electron chi connectivity index (χ1n) is 9.06. The Bertz CT molecular complexity index is 1210. The van der Waals surface area contributed by atoms with Crippen LogP contribution in [0.3, 0.4) is 0 Å². The topological polar surface area (TPSA) is 85.4 Å². The summed E-state index contributed by atoms with van der Waals surface area (Å²) >= 11 is 7.41. The lowest BCUT2D eigenvalue weighted by atomic mass is 10.1. The molecule has 0 aliphatic carbocycles. The maximum atomic E-state index is 11.5. The number of carbonyl (C=O) groups is 1. The Labute approximate surface area is 182 Å². The van der Waals surface area contributed by atoms with E-state index in [0.29, 0.717) is 22.9 Å². The van der Waals surface area contributed by atoms with Crippen molar-refractivity contribution in [2.45, 2.75) is 6.61 Å². The Balaban J connectivity index is 1.60. The Kier molecular flexibility index (Phi) is 5.70. The van der Waals surface area contributed by atoms with E-state index in [9.17, 15) is 9.90 Å². The van der Waals surface area contributed by atoms with Gasteiger partial charge in [-0.05, 0) is 48.0 Å². The number of aromatic nitrogens is 1. The molecule has 150 valence electrons. The largest absolute Gasteiger partial charge is 0.507 e. The van der Waals surface area contributed by atoms with E-state index in [2.05, 4.69) is 0 Å². The van der Waals surface area contributed by atoms with Crippen LogP contribution in [0, 0.1) is 0 Å². The smallest absolute Gasteiger partial charge is 0.252 e. The van der Waals surface area contributed by atoms with Crippen LogP contribution in [0.1, 0.15) is 15.9 Å². The molecule has 0 radical (unpaired) electrons. The molecule has 0 spiro atoms. The van der Waals surface area contributed by atoms with Gasteiger partial charge in [0.1, 0.15) is 23.1 Å². The molecule has 0 saturated heterocycles. The van der Waals surface area contributed by atoms with Gasteiger partial charge in [-0.1, -0.05) is 35.9 Å². The zero-order valence-electron chi connectivity index (χ0n) is 15.7. The summed E-state index contributed by atoms with van der Waals surface area (Å²) in [5, 5.41) is 13.2. The molecule has 0 atom stereocenters. The number of carbonyl (C=O) groups excluding carboxylic acids is 1. The van der Waals surface area contributed by atoms with Gasteiger partial charge in [-0.25, -0.2) is 4.98 Å². The Morgan fingerprint density at radius 1 is 1.10 bits per heavy atom. The Hall–Kier alpha value is -3.35. The van der Waals surface area contributed by atoms with Crippen LogP contribution in [0.25, 0.3) is 21.8 Å². The quantitative estimate of drug-likeness (QED) is 0.417. The van der Waals surface area contributed by atoms with E-state index in [1.165, 1.54) is 17.4 Å². The number of nitrogens with zero attached hydrogens (tertiary/aromatic N) is 1. The summed E-state index contributed by atoms with van der Waals surface area (Å²) in [5.41, 5.74) is 8.77. The fourth-order valence-electron chi connectivity index (χ4n) is 2.97. The highest BCUT2D eigenvalue weighted by Crippen LogP contribution is 2.33. The molecule has 5 nitrogen and oxygen atoms in total. The SMILES string of the molecule is NC(=O)c1cc(-c2csc(-c3ccccc3COc3ccc(Cl)cc3)n2)ccc1O. The molecule has 1 amide bonds. The molecule has 7 heteroatoms. The number of phenols is 1. The molecule has 4 aromatic rings. The van der Waals surface area contributed by atoms with Crippen molar-refractivity contribution in [2.75, 3.05) is 0 Å². The summed E-state index contributed by atoms with van der Waals surface area (Å²) < 4.78 is 5.89. The predicted octanol–water partition coefficient (Wildman–Crippen LogP) is 5.51. The van der Waals surface area contributed by atoms with Crippen molar-refractivity contribution in [3.63, 3.8) is 0 Å². The van der Waals surface area contributed by atoms with E-state index in [-0.39, 0.29) is 11.3 Å². The average Bonchev–Trinajstić information content (AvgIpc) is 3.24. The summed E-state index contributed by atoms with van der Waals surface area (Å²) in [6, 6.07) is 19.8. The van der Waals surface area contributed by atoms with Crippen molar-refractivity contribution in [2.24, 2.45) is 5.73 Å². The van der Waals surface area contributed by atoms with E-state index < -0.39 is 5.91 Å². The highest BCUT2D eigenvalue weighted by atomic mass is 35.5. The van der Waals surface area contributed by atoms with Crippen LogP contribution in [0.5, 0.6) is 11.5 Å². The van der Waals surface area contributed by atoms with E-state index in [0.717, 1.165) is 21.9 Å². The number of primary amides is 1.